The van der Waals surface area contributed by atoms with Gasteiger partial charge in [0.25, 0.3) is 0 Å². The number of aromatic amines is 1. The van der Waals surface area contributed by atoms with Gasteiger partial charge < -0.3 is 15.6 Å². The molecule has 3 aromatic rings. The zero-order valence-electron chi connectivity index (χ0n) is 15.4. The maximum absolute atomic E-state index is 12.4. The van der Waals surface area contributed by atoms with E-state index in [0.717, 1.165) is 57.0 Å². The van der Waals surface area contributed by atoms with E-state index >= 15 is 0 Å². The number of hydrogen-bond acceptors (Lipinski definition) is 4. The van der Waals surface area contributed by atoms with Crippen LogP contribution in [0, 0.1) is 0 Å². The van der Waals surface area contributed by atoms with E-state index in [1.807, 2.05) is 37.4 Å². The summed E-state index contributed by atoms with van der Waals surface area (Å²) < 4.78 is 0.927. The molecule has 0 spiro atoms. The van der Waals surface area contributed by atoms with Crippen LogP contribution in [-0.2, 0) is 4.79 Å². The summed E-state index contributed by atoms with van der Waals surface area (Å²) >= 11 is 3.43. The van der Waals surface area contributed by atoms with Crippen LogP contribution in [0.1, 0.15) is 30.8 Å². The monoisotopic (exact) mass is 437 g/mol. The summed E-state index contributed by atoms with van der Waals surface area (Å²) in [6.07, 6.45) is 7.64. The van der Waals surface area contributed by atoms with E-state index in [1.165, 1.54) is 0 Å². The topological polar surface area (TPSA) is 82.7 Å². The number of pyridine rings is 1. The van der Waals surface area contributed by atoms with Crippen LogP contribution in [0.3, 0.4) is 0 Å². The molecule has 1 aliphatic rings. The number of hydrogen-bond donors (Lipinski definition) is 3. The van der Waals surface area contributed by atoms with Crippen molar-refractivity contribution in [2.75, 3.05) is 17.7 Å². The molecule has 7 heteroatoms. The molecule has 28 heavy (non-hydrogen) atoms. The van der Waals surface area contributed by atoms with E-state index in [9.17, 15) is 4.79 Å². The molecule has 1 aliphatic heterocycles. The lowest BCUT2D eigenvalue weighted by Gasteiger charge is -2.13. The zero-order chi connectivity index (χ0) is 19.5. The lowest BCUT2D eigenvalue weighted by atomic mass is 10.1. The highest BCUT2D eigenvalue weighted by Crippen LogP contribution is 2.32. The molecule has 142 valence electrons. The number of carbonyl (C=O) groups excluding carboxylic acids is 1. The highest BCUT2D eigenvalue weighted by molar-refractivity contribution is 9.10. The summed E-state index contributed by atoms with van der Waals surface area (Å²) in [6.45, 7) is 0. The smallest absolute Gasteiger partial charge is 0.224 e. The van der Waals surface area contributed by atoms with Crippen LogP contribution in [0.5, 0.6) is 0 Å². The van der Waals surface area contributed by atoms with Crippen LogP contribution in [0.2, 0.25) is 0 Å². The second-order valence-electron chi connectivity index (χ2n) is 6.58. The normalized spacial score (nSPS) is 16.1. The van der Waals surface area contributed by atoms with Gasteiger partial charge in [0.15, 0.2) is 0 Å². The molecule has 4 rings (SSSR count). The minimum atomic E-state index is 0.00605. The Labute approximate surface area is 171 Å². The number of halogens is 1. The minimum absolute atomic E-state index is 0.00605. The number of amides is 1. The van der Waals surface area contributed by atoms with Gasteiger partial charge in [-0.3, -0.25) is 9.78 Å². The summed E-state index contributed by atoms with van der Waals surface area (Å²) in [7, 11) is 1.86. The molecule has 0 fully saturated rings. The summed E-state index contributed by atoms with van der Waals surface area (Å²) in [4.78, 5) is 24.9. The van der Waals surface area contributed by atoms with Crippen molar-refractivity contribution in [1.82, 2.24) is 15.0 Å². The van der Waals surface area contributed by atoms with Crippen LogP contribution in [0.15, 0.2) is 53.3 Å². The molecule has 0 aliphatic carbocycles. The number of nitrogens with one attached hydrogen (secondary N) is 3. The van der Waals surface area contributed by atoms with E-state index < -0.39 is 0 Å². The third-order valence-electron chi connectivity index (χ3n) is 4.66. The number of benzene rings is 1. The first kappa shape index (κ1) is 18.4. The number of nitrogens with zero attached hydrogens (tertiary/aromatic N) is 2. The maximum atomic E-state index is 12.4. The van der Waals surface area contributed by atoms with Gasteiger partial charge in [-0.1, -0.05) is 6.08 Å². The molecule has 0 saturated heterocycles. The first-order chi connectivity index (χ1) is 13.6. The predicted molar refractivity (Wildman–Crippen MR) is 115 cm³/mol. The van der Waals surface area contributed by atoms with Crippen LogP contribution >= 0.6 is 15.9 Å². The van der Waals surface area contributed by atoms with E-state index in [1.54, 1.807) is 12.4 Å². The highest BCUT2D eigenvalue weighted by atomic mass is 79.9. The fraction of sp³-hybridized carbons (Fsp3) is 0.190. The summed E-state index contributed by atoms with van der Waals surface area (Å²) in [5, 5.41) is 6.15. The molecule has 6 nitrogen and oxygen atoms in total. The first-order valence-electron chi connectivity index (χ1n) is 9.13. The zero-order valence-corrected chi connectivity index (χ0v) is 17.0. The highest BCUT2D eigenvalue weighted by Gasteiger charge is 2.16. The van der Waals surface area contributed by atoms with Crippen LogP contribution in [-0.4, -0.2) is 27.9 Å². The van der Waals surface area contributed by atoms with Gasteiger partial charge in [-0.2, -0.15) is 0 Å². The molecule has 1 amide bonds. The van der Waals surface area contributed by atoms with Gasteiger partial charge in [-0.05, 0) is 59.1 Å². The molecular weight excluding hydrogens is 418 g/mol. The van der Waals surface area contributed by atoms with Crippen molar-refractivity contribution in [1.29, 1.82) is 0 Å². The molecule has 2 aromatic heterocycles. The Morgan fingerprint density at radius 2 is 2.04 bits per heavy atom. The standard InChI is InChI=1S/C21H20BrN5O/c1-23-14-7-8-15-18(10-14)26-20(28)5-3-2-4-16(21-25-12-19(15)27-21)17-9-6-13(22)11-24-17/h4,6-12,23H,2-3,5H2,1H3,(H,25,27)(H,26,28)/b16-4-. The Morgan fingerprint density at radius 1 is 1.14 bits per heavy atom. The lowest BCUT2D eigenvalue weighted by molar-refractivity contribution is -0.116. The second-order valence-corrected chi connectivity index (χ2v) is 7.49. The van der Waals surface area contributed by atoms with Gasteiger partial charge in [0.2, 0.25) is 5.91 Å². The summed E-state index contributed by atoms with van der Waals surface area (Å²) in [5.74, 6) is 0.770. The quantitative estimate of drug-likeness (QED) is 0.535. The van der Waals surface area contributed by atoms with Crippen molar-refractivity contribution in [3.63, 3.8) is 0 Å². The van der Waals surface area contributed by atoms with Crippen LogP contribution < -0.4 is 10.6 Å². The maximum Gasteiger partial charge on any atom is 0.224 e. The summed E-state index contributed by atoms with van der Waals surface area (Å²) in [6, 6.07) is 9.82. The van der Waals surface area contributed by atoms with Gasteiger partial charge >= 0.3 is 0 Å². The number of imidazole rings is 1. The van der Waals surface area contributed by atoms with Crippen LogP contribution in [0.4, 0.5) is 11.4 Å². The van der Waals surface area contributed by atoms with Crippen molar-refractivity contribution in [3.05, 3.63) is 64.8 Å². The van der Waals surface area contributed by atoms with E-state index in [4.69, 9.17) is 0 Å². The number of allylic oxidation sites excluding steroid dienone is 1. The number of aromatic nitrogens is 3. The molecule has 1 aromatic carbocycles. The van der Waals surface area contributed by atoms with Crippen molar-refractivity contribution >= 4 is 38.8 Å². The fourth-order valence-electron chi connectivity index (χ4n) is 3.21. The molecule has 2 bridgehead atoms. The Hall–Kier alpha value is -2.93. The second kappa shape index (κ2) is 7.98. The van der Waals surface area contributed by atoms with Gasteiger partial charge in [-0.15, -0.1) is 0 Å². The SMILES string of the molecule is CNc1ccc2c(c1)NC(=O)CCC/C=C(/c1ccc(Br)cn1)c1ncc-2[nH]1. The third-order valence-corrected chi connectivity index (χ3v) is 5.13. The Kier molecular flexibility index (Phi) is 5.25. The van der Waals surface area contributed by atoms with Gasteiger partial charge in [0.05, 0.1) is 23.3 Å². The molecule has 0 unspecified atom stereocenters. The predicted octanol–water partition coefficient (Wildman–Crippen LogP) is 4.83. The van der Waals surface area contributed by atoms with Gasteiger partial charge in [0.1, 0.15) is 5.82 Å². The number of fused-ring (bicyclic) bond motifs is 4. The van der Waals surface area contributed by atoms with E-state index in [-0.39, 0.29) is 5.91 Å². The number of H-pyrrole nitrogens is 1. The molecular formula is C21H20BrN5O. The lowest BCUT2D eigenvalue weighted by Crippen LogP contribution is -2.12. The largest absolute Gasteiger partial charge is 0.388 e. The van der Waals surface area contributed by atoms with Crippen LogP contribution in [0.25, 0.3) is 16.8 Å². The Bertz CT molecular complexity index is 1040. The van der Waals surface area contributed by atoms with E-state index in [0.29, 0.717) is 6.42 Å². The molecule has 3 heterocycles. The number of rotatable bonds is 2. The van der Waals surface area contributed by atoms with Gasteiger partial charge in [0, 0.05) is 41.0 Å². The van der Waals surface area contributed by atoms with Crippen molar-refractivity contribution in [2.24, 2.45) is 0 Å². The summed E-state index contributed by atoms with van der Waals surface area (Å²) in [5.41, 5.74) is 5.22. The van der Waals surface area contributed by atoms with E-state index in [2.05, 4.69) is 47.6 Å². The number of anilines is 2. The Morgan fingerprint density at radius 3 is 2.82 bits per heavy atom. The number of carbonyl (C=O) groups is 1. The third kappa shape index (κ3) is 3.84. The van der Waals surface area contributed by atoms with Crippen molar-refractivity contribution in [3.8, 4) is 11.3 Å². The molecule has 0 atom stereocenters. The fourth-order valence-corrected chi connectivity index (χ4v) is 3.45. The molecule has 0 radical (unpaired) electrons. The average Bonchev–Trinajstić information content (AvgIpc) is 3.18. The molecule has 3 N–H and O–H groups in total. The Balaban J connectivity index is 1.82. The average molecular weight is 438 g/mol. The molecule has 0 saturated carbocycles. The van der Waals surface area contributed by atoms with Crippen molar-refractivity contribution < 1.29 is 4.79 Å². The first-order valence-corrected chi connectivity index (χ1v) is 9.93. The minimum Gasteiger partial charge on any atom is -0.388 e. The van der Waals surface area contributed by atoms with Gasteiger partial charge in [-0.25, -0.2) is 4.98 Å². The van der Waals surface area contributed by atoms with Crippen molar-refractivity contribution in [2.45, 2.75) is 19.3 Å².